The highest BCUT2D eigenvalue weighted by Crippen LogP contribution is 2.02. The van der Waals surface area contributed by atoms with Crippen LogP contribution >= 0.6 is 0 Å². The number of hydrogen-bond donors (Lipinski definition) is 2. The topological polar surface area (TPSA) is 63.3 Å². The molecule has 0 amide bonds. The van der Waals surface area contributed by atoms with Crippen molar-refractivity contribution in [2.45, 2.75) is 32.1 Å². The van der Waals surface area contributed by atoms with Crippen molar-refractivity contribution < 1.29 is 9.90 Å². The molecule has 1 radical (unpaired) electrons. The summed E-state index contributed by atoms with van der Waals surface area (Å²) in [5.41, 5.74) is 5.13. The molecule has 0 fully saturated rings. The van der Waals surface area contributed by atoms with Gasteiger partial charge in [0.2, 0.25) is 0 Å². The molecule has 0 spiro atoms. The van der Waals surface area contributed by atoms with Crippen LogP contribution in [0.5, 0.6) is 0 Å². The largest absolute Gasteiger partial charge is 0.481 e. The summed E-state index contributed by atoms with van der Waals surface area (Å²) >= 11 is 0. The van der Waals surface area contributed by atoms with Gasteiger partial charge in [-0.3, -0.25) is 4.79 Å². The maximum Gasteiger partial charge on any atom is 0.303 e. The minimum atomic E-state index is -0.711. The van der Waals surface area contributed by atoms with Gasteiger partial charge in [0.25, 0.3) is 0 Å². The first kappa shape index (κ1) is 9.43. The maximum atomic E-state index is 10.00. The monoisotopic (exact) mass is 144 g/mol. The summed E-state index contributed by atoms with van der Waals surface area (Å²) in [7, 11) is 0. The van der Waals surface area contributed by atoms with Gasteiger partial charge in [-0.2, -0.15) is 0 Å². The number of carboxylic acid groups (broad SMARTS) is 1. The van der Waals surface area contributed by atoms with Gasteiger partial charge in [0.1, 0.15) is 0 Å². The van der Waals surface area contributed by atoms with Crippen LogP contribution in [0.4, 0.5) is 0 Å². The van der Waals surface area contributed by atoms with Crippen LogP contribution in [0.15, 0.2) is 0 Å². The Balaban J connectivity index is 2.84. The number of rotatable bonds is 6. The molecule has 0 heterocycles. The van der Waals surface area contributed by atoms with Gasteiger partial charge in [-0.15, -0.1) is 0 Å². The van der Waals surface area contributed by atoms with Gasteiger partial charge in [-0.05, 0) is 12.8 Å². The van der Waals surface area contributed by atoms with Crippen LogP contribution in [0.3, 0.4) is 0 Å². The van der Waals surface area contributed by atoms with E-state index >= 15 is 0 Å². The standard InChI is InChI=1S/C7H14NO2/c8-6-4-2-1-3-5-7(9)10/h6H,1-5,8H2,(H,9,10). The van der Waals surface area contributed by atoms with Gasteiger partial charge in [-0.1, -0.05) is 12.8 Å². The summed E-state index contributed by atoms with van der Waals surface area (Å²) in [6.07, 6.45) is 3.90. The Morgan fingerprint density at radius 2 is 2.10 bits per heavy atom. The molecule has 0 bridgehead atoms. The minimum absolute atomic E-state index is 0.282. The Hall–Kier alpha value is -0.570. The third-order valence-corrected chi connectivity index (χ3v) is 1.26. The third kappa shape index (κ3) is 7.43. The molecule has 0 aromatic rings. The summed E-state index contributed by atoms with van der Waals surface area (Å²) in [4.78, 5) is 10.00. The Morgan fingerprint density at radius 1 is 1.40 bits per heavy atom. The van der Waals surface area contributed by atoms with Crippen molar-refractivity contribution in [3.63, 3.8) is 0 Å². The molecule has 0 rings (SSSR count). The van der Waals surface area contributed by atoms with Crippen LogP contribution in [-0.4, -0.2) is 11.1 Å². The Bertz CT molecular complexity index is 93.6. The van der Waals surface area contributed by atoms with Crippen molar-refractivity contribution in [2.75, 3.05) is 0 Å². The minimum Gasteiger partial charge on any atom is -0.481 e. The van der Waals surface area contributed by atoms with Crippen LogP contribution in [-0.2, 0) is 4.79 Å². The zero-order chi connectivity index (χ0) is 7.82. The van der Waals surface area contributed by atoms with Gasteiger partial charge in [0, 0.05) is 13.0 Å². The first-order chi connectivity index (χ1) is 4.77. The van der Waals surface area contributed by atoms with Gasteiger partial charge in [0.15, 0.2) is 0 Å². The highest BCUT2D eigenvalue weighted by atomic mass is 16.4. The van der Waals surface area contributed by atoms with E-state index in [9.17, 15) is 4.79 Å². The molecule has 0 saturated heterocycles. The molecule has 0 aliphatic heterocycles. The van der Waals surface area contributed by atoms with Crippen LogP contribution in [0, 0.1) is 6.54 Å². The average Bonchev–Trinajstić information content (AvgIpc) is 1.87. The zero-order valence-corrected chi connectivity index (χ0v) is 6.05. The number of carboxylic acids is 1. The van der Waals surface area contributed by atoms with E-state index in [-0.39, 0.29) is 6.42 Å². The smallest absolute Gasteiger partial charge is 0.303 e. The lowest BCUT2D eigenvalue weighted by atomic mass is 10.1. The van der Waals surface area contributed by atoms with Crippen LogP contribution in [0.1, 0.15) is 32.1 Å². The molecule has 0 aromatic carbocycles. The van der Waals surface area contributed by atoms with Crippen LogP contribution in [0.2, 0.25) is 0 Å². The number of carbonyl (C=O) groups is 1. The average molecular weight is 144 g/mol. The van der Waals surface area contributed by atoms with E-state index < -0.39 is 5.97 Å². The molecule has 0 aliphatic carbocycles. The molecule has 3 heteroatoms. The predicted octanol–water partition coefficient (Wildman–Crippen LogP) is 1.14. The fraction of sp³-hybridized carbons (Fsp3) is 0.714. The highest BCUT2D eigenvalue weighted by molar-refractivity contribution is 5.66. The first-order valence-corrected chi connectivity index (χ1v) is 3.52. The molecule has 0 unspecified atom stereocenters. The molecular formula is C7H14NO2. The Labute approximate surface area is 61.2 Å². The fourth-order valence-corrected chi connectivity index (χ4v) is 0.715. The van der Waals surface area contributed by atoms with Crippen LogP contribution in [0.25, 0.3) is 0 Å². The number of nitrogens with two attached hydrogens (primary N) is 1. The summed E-state index contributed by atoms with van der Waals surface area (Å²) < 4.78 is 0. The molecule has 0 saturated carbocycles. The van der Waals surface area contributed by atoms with Crippen molar-refractivity contribution in [3.8, 4) is 0 Å². The molecule has 10 heavy (non-hydrogen) atoms. The summed E-state index contributed by atoms with van der Waals surface area (Å²) in [6.45, 7) is 1.61. The van der Waals surface area contributed by atoms with E-state index in [2.05, 4.69) is 0 Å². The predicted molar refractivity (Wildman–Crippen MR) is 39.2 cm³/mol. The lowest BCUT2D eigenvalue weighted by Gasteiger charge is -1.95. The molecular weight excluding hydrogens is 130 g/mol. The summed E-state index contributed by atoms with van der Waals surface area (Å²) in [5.74, 6) is -0.711. The first-order valence-electron chi connectivity index (χ1n) is 3.52. The second-order valence-corrected chi connectivity index (χ2v) is 2.23. The van der Waals surface area contributed by atoms with E-state index in [0.29, 0.717) is 0 Å². The van der Waals surface area contributed by atoms with Crippen molar-refractivity contribution >= 4 is 5.97 Å². The van der Waals surface area contributed by atoms with Gasteiger partial charge >= 0.3 is 5.97 Å². The number of aliphatic carboxylic acids is 1. The van der Waals surface area contributed by atoms with E-state index in [0.717, 1.165) is 25.7 Å². The Kier molecular flexibility index (Phi) is 6.18. The summed E-state index contributed by atoms with van der Waals surface area (Å²) in [5, 5.41) is 8.24. The van der Waals surface area contributed by atoms with Crippen molar-refractivity contribution in [3.05, 3.63) is 6.54 Å². The molecule has 3 nitrogen and oxygen atoms in total. The number of unbranched alkanes of at least 4 members (excludes halogenated alkanes) is 3. The Morgan fingerprint density at radius 3 is 2.60 bits per heavy atom. The quantitative estimate of drug-likeness (QED) is 0.549. The highest BCUT2D eigenvalue weighted by Gasteiger charge is 1.94. The van der Waals surface area contributed by atoms with Gasteiger partial charge in [0.05, 0.1) is 0 Å². The second kappa shape index (κ2) is 6.55. The van der Waals surface area contributed by atoms with Gasteiger partial charge in [-0.25, -0.2) is 0 Å². The maximum absolute atomic E-state index is 10.00. The number of hydrogen-bond acceptors (Lipinski definition) is 2. The lowest BCUT2D eigenvalue weighted by Crippen LogP contribution is -1.94. The normalized spacial score (nSPS) is 9.70. The van der Waals surface area contributed by atoms with Crippen molar-refractivity contribution in [1.29, 1.82) is 0 Å². The summed E-state index contributed by atoms with van der Waals surface area (Å²) in [6, 6.07) is 0. The van der Waals surface area contributed by atoms with E-state index in [1.807, 2.05) is 0 Å². The van der Waals surface area contributed by atoms with E-state index in [1.165, 1.54) is 0 Å². The molecule has 0 atom stereocenters. The van der Waals surface area contributed by atoms with E-state index in [1.54, 1.807) is 6.54 Å². The van der Waals surface area contributed by atoms with Crippen molar-refractivity contribution in [2.24, 2.45) is 5.73 Å². The van der Waals surface area contributed by atoms with E-state index in [4.69, 9.17) is 10.8 Å². The third-order valence-electron chi connectivity index (χ3n) is 1.26. The van der Waals surface area contributed by atoms with Crippen LogP contribution < -0.4 is 5.73 Å². The lowest BCUT2D eigenvalue weighted by molar-refractivity contribution is -0.137. The molecule has 59 valence electrons. The molecule has 0 aromatic heterocycles. The van der Waals surface area contributed by atoms with Crippen molar-refractivity contribution in [1.82, 2.24) is 0 Å². The zero-order valence-electron chi connectivity index (χ0n) is 6.05. The van der Waals surface area contributed by atoms with Gasteiger partial charge < -0.3 is 10.8 Å². The second-order valence-electron chi connectivity index (χ2n) is 2.23. The molecule has 3 N–H and O–H groups in total. The fourth-order valence-electron chi connectivity index (χ4n) is 0.715. The SMILES string of the molecule is N[CH]CCCCCC(=O)O. The molecule has 0 aliphatic rings.